The second-order valence-corrected chi connectivity index (χ2v) is 17.0. The Kier molecular flexibility index (Phi) is 8.76. The van der Waals surface area contributed by atoms with E-state index in [1.165, 1.54) is 27.0 Å². The first-order valence-corrected chi connectivity index (χ1v) is 21.3. The fourth-order valence-electron chi connectivity index (χ4n) is 8.79. The number of fused-ring (bicyclic) bond motifs is 5. The molecule has 1 aliphatic rings. The van der Waals surface area contributed by atoms with Gasteiger partial charge in [-0.3, -0.25) is 4.57 Å². The first-order chi connectivity index (χ1) is 29.9. The minimum Gasteiger partial charge on any atom is -0.278 e. The molecule has 10 aromatic rings. The number of benzene rings is 7. The summed E-state index contributed by atoms with van der Waals surface area (Å²) < 4.78 is 3.34. The molecule has 0 atom stereocenters. The van der Waals surface area contributed by atoms with Gasteiger partial charge in [-0.1, -0.05) is 172 Å². The molecule has 1 aliphatic carbocycles. The molecule has 11 rings (SSSR count). The highest BCUT2D eigenvalue weighted by Gasteiger charge is 2.36. The van der Waals surface area contributed by atoms with Crippen molar-refractivity contribution in [2.45, 2.75) is 19.3 Å². The van der Waals surface area contributed by atoms with Crippen molar-refractivity contribution in [3.05, 3.63) is 204 Å². The van der Waals surface area contributed by atoms with Gasteiger partial charge < -0.3 is 0 Å². The third kappa shape index (κ3) is 6.31. The van der Waals surface area contributed by atoms with E-state index in [1.807, 2.05) is 78.9 Å². The van der Waals surface area contributed by atoms with Crippen LogP contribution < -0.4 is 0 Å². The summed E-state index contributed by atoms with van der Waals surface area (Å²) in [5, 5.41) is 2.13. The van der Waals surface area contributed by atoms with E-state index < -0.39 is 0 Å². The van der Waals surface area contributed by atoms with Gasteiger partial charge >= 0.3 is 0 Å². The fourth-order valence-corrected chi connectivity index (χ4v) is 9.78. The van der Waals surface area contributed by atoms with Crippen LogP contribution in [0.15, 0.2) is 176 Å². The Morgan fingerprint density at radius 2 is 1.13 bits per heavy atom. The average Bonchev–Trinajstić information content (AvgIpc) is 3.95. The zero-order valence-electron chi connectivity index (χ0n) is 33.7. The van der Waals surface area contributed by atoms with Crippen molar-refractivity contribution < 1.29 is 0 Å². The molecule has 3 aromatic heterocycles. The topological polar surface area (TPSA) is 56.5 Å². The van der Waals surface area contributed by atoms with Crippen LogP contribution in [0.5, 0.6) is 0 Å². The van der Waals surface area contributed by atoms with Gasteiger partial charge in [0.2, 0.25) is 5.95 Å². The summed E-state index contributed by atoms with van der Waals surface area (Å²) in [5.41, 5.74) is 15.4. The number of rotatable bonds is 8. The van der Waals surface area contributed by atoms with Crippen LogP contribution in [0.2, 0.25) is 0 Å². The summed E-state index contributed by atoms with van der Waals surface area (Å²) in [4.78, 5) is 20.4. The van der Waals surface area contributed by atoms with Crippen molar-refractivity contribution in [2.75, 3.05) is 0 Å². The van der Waals surface area contributed by atoms with Gasteiger partial charge in [-0.25, -0.2) is 9.97 Å². The molecule has 0 aliphatic heterocycles. The molecule has 0 radical (unpaired) electrons. The maximum atomic E-state index is 5.15. The normalized spacial score (nSPS) is 12.9. The third-order valence-electron chi connectivity index (χ3n) is 11.9. The summed E-state index contributed by atoms with van der Waals surface area (Å²) in [6.07, 6.45) is 6.27. The standard InChI is InChI=1S/C55H39N5S/c1-4-48-42(28-25-35-17-9-5-10-18-35)44-31-39(27-30-49(44)60(48)54-58-51(36-19-11-6-12-20-36)57-52(59-54)37-21-13-7-14-22-37)40-26-29-41-43-33-47-50(34-46(43)55(2,3)45(41)32-40)61-53(56-47)38-23-15-8-16-24-38/h4-34H,1H2,2-3H3/b28-25+. The number of nitrogens with zero attached hydrogens (tertiary/aromatic N) is 5. The second-order valence-electron chi connectivity index (χ2n) is 16.0. The van der Waals surface area contributed by atoms with Crippen LogP contribution in [0.3, 0.4) is 0 Å². The van der Waals surface area contributed by atoms with Gasteiger partial charge in [0.15, 0.2) is 11.6 Å². The molecule has 290 valence electrons. The summed E-state index contributed by atoms with van der Waals surface area (Å²) in [6, 6.07) is 59.4. The second kappa shape index (κ2) is 14.6. The van der Waals surface area contributed by atoms with Crippen LogP contribution in [0.25, 0.3) is 101 Å². The monoisotopic (exact) mass is 801 g/mol. The molecule has 5 nitrogen and oxygen atoms in total. The van der Waals surface area contributed by atoms with E-state index in [0.29, 0.717) is 17.6 Å². The Morgan fingerprint density at radius 3 is 1.79 bits per heavy atom. The van der Waals surface area contributed by atoms with E-state index in [2.05, 4.69) is 134 Å². The van der Waals surface area contributed by atoms with Gasteiger partial charge in [0.05, 0.1) is 21.4 Å². The Hall–Kier alpha value is -7.54. The summed E-state index contributed by atoms with van der Waals surface area (Å²) >= 11 is 1.77. The van der Waals surface area contributed by atoms with E-state index in [-0.39, 0.29) is 5.41 Å². The Labute approximate surface area is 358 Å². The molecule has 0 saturated heterocycles. The van der Waals surface area contributed by atoms with Gasteiger partial charge in [0.25, 0.3) is 0 Å². The average molecular weight is 802 g/mol. The molecule has 0 N–H and O–H groups in total. The zero-order valence-corrected chi connectivity index (χ0v) is 34.6. The van der Waals surface area contributed by atoms with Crippen molar-refractivity contribution >= 4 is 50.7 Å². The molecule has 0 unspecified atom stereocenters. The van der Waals surface area contributed by atoms with Crippen LogP contribution in [-0.2, 0) is 5.41 Å². The van der Waals surface area contributed by atoms with Gasteiger partial charge in [-0.05, 0) is 75.4 Å². The van der Waals surface area contributed by atoms with Gasteiger partial charge in [-0.15, -0.1) is 11.3 Å². The number of thiazole rings is 1. The summed E-state index contributed by atoms with van der Waals surface area (Å²) in [7, 11) is 0. The number of hydrogen-bond acceptors (Lipinski definition) is 5. The van der Waals surface area contributed by atoms with Crippen molar-refractivity contribution in [1.29, 1.82) is 0 Å². The highest BCUT2D eigenvalue weighted by molar-refractivity contribution is 7.21. The summed E-state index contributed by atoms with van der Waals surface area (Å²) in [6.45, 7) is 9.05. The molecule has 0 spiro atoms. The molecular weight excluding hydrogens is 763 g/mol. The first-order valence-electron chi connectivity index (χ1n) is 20.5. The quantitative estimate of drug-likeness (QED) is 0.154. The Balaban J connectivity index is 1.07. The van der Waals surface area contributed by atoms with E-state index in [4.69, 9.17) is 19.9 Å². The van der Waals surface area contributed by atoms with Crippen LogP contribution in [0, 0.1) is 0 Å². The van der Waals surface area contributed by atoms with E-state index >= 15 is 0 Å². The third-order valence-corrected chi connectivity index (χ3v) is 13.0. The molecule has 7 aromatic carbocycles. The predicted octanol–water partition coefficient (Wildman–Crippen LogP) is 14.2. The SMILES string of the molecule is C=Cc1c(/C=C/c2ccccc2)c2cc(-c3ccc4c(c3)C(C)(C)c3cc5sc(-c6ccccc6)nc5cc3-4)ccc2n1-c1nc(-c2ccccc2)nc(-c2ccccc2)n1. The summed E-state index contributed by atoms with van der Waals surface area (Å²) in [5.74, 6) is 1.74. The maximum Gasteiger partial charge on any atom is 0.238 e. The molecule has 0 saturated carbocycles. The molecule has 0 amide bonds. The molecule has 3 heterocycles. The van der Waals surface area contributed by atoms with E-state index in [9.17, 15) is 0 Å². The number of hydrogen-bond donors (Lipinski definition) is 0. The molecule has 61 heavy (non-hydrogen) atoms. The maximum absolute atomic E-state index is 5.15. The van der Waals surface area contributed by atoms with Gasteiger partial charge in [-0.2, -0.15) is 9.97 Å². The van der Waals surface area contributed by atoms with Crippen molar-refractivity contribution in [2.24, 2.45) is 0 Å². The smallest absolute Gasteiger partial charge is 0.238 e. The van der Waals surface area contributed by atoms with Crippen molar-refractivity contribution in [3.63, 3.8) is 0 Å². The lowest BCUT2D eigenvalue weighted by atomic mass is 9.81. The van der Waals surface area contributed by atoms with Crippen molar-refractivity contribution in [1.82, 2.24) is 24.5 Å². The molecule has 0 bridgehead atoms. The first kappa shape index (κ1) is 36.5. The fraction of sp³-hybridized carbons (Fsp3) is 0.0545. The van der Waals surface area contributed by atoms with E-state index in [1.54, 1.807) is 11.3 Å². The van der Waals surface area contributed by atoms with Crippen LogP contribution >= 0.6 is 11.3 Å². The van der Waals surface area contributed by atoms with Gasteiger partial charge in [0, 0.05) is 33.1 Å². The number of aromatic nitrogens is 5. The van der Waals surface area contributed by atoms with E-state index in [0.717, 1.165) is 66.1 Å². The Morgan fingerprint density at radius 1 is 0.541 bits per heavy atom. The highest BCUT2D eigenvalue weighted by Crippen LogP contribution is 2.52. The highest BCUT2D eigenvalue weighted by atomic mass is 32.1. The van der Waals surface area contributed by atoms with Crippen molar-refractivity contribution in [3.8, 4) is 61.5 Å². The zero-order chi connectivity index (χ0) is 41.1. The van der Waals surface area contributed by atoms with Crippen LogP contribution in [0.1, 0.15) is 41.8 Å². The molecule has 6 heteroatoms. The lowest BCUT2D eigenvalue weighted by molar-refractivity contribution is 0.661. The molecular formula is C55H39N5S. The van der Waals surface area contributed by atoms with Crippen LogP contribution in [0.4, 0.5) is 0 Å². The minimum atomic E-state index is -0.190. The van der Waals surface area contributed by atoms with Crippen LogP contribution in [-0.4, -0.2) is 24.5 Å². The lowest BCUT2D eigenvalue weighted by Gasteiger charge is -2.22. The predicted molar refractivity (Wildman–Crippen MR) is 255 cm³/mol. The Bertz CT molecular complexity index is 3270. The molecule has 0 fully saturated rings. The largest absolute Gasteiger partial charge is 0.278 e. The minimum absolute atomic E-state index is 0.190. The lowest BCUT2D eigenvalue weighted by Crippen LogP contribution is -2.15. The van der Waals surface area contributed by atoms with Gasteiger partial charge in [0.1, 0.15) is 5.01 Å².